The third-order valence-corrected chi connectivity index (χ3v) is 3.86. The first-order valence-corrected chi connectivity index (χ1v) is 7.47. The molecule has 2 rings (SSSR count). The van der Waals surface area contributed by atoms with Gasteiger partial charge < -0.3 is 9.50 Å². The Labute approximate surface area is 125 Å². The second-order valence-electron chi connectivity index (χ2n) is 4.27. The lowest BCUT2D eigenvalue weighted by Crippen LogP contribution is -2.15. The van der Waals surface area contributed by atoms with Crippen LogP contribution >= 0.6 is 0 Å². The largest absolute Gasteiger partial charge is 0.377 e. The van der Waals surface area contributed by atoms with Crippen LogP contribution in [0.1, 0.15) is 6.92 Å². The number of nitrogens with one attached hydrogen (secondary N) is 1. The van der Waals surface area contributed by atoms with Gasteiger partial charge in [0.25, 0.3) is 0 Å². The molecule has 0 unspecified atom stereocenters. The summed E-state index contributed by atoms with van der Waals surface area (Å²) in [5.41, 5.74) is 0.0651. The van der Waals surface area contributed by atoms with E-state index >= 15 is 0 Å². The second kappa shape index (κ2) is 6.10. The van der Waals surface area contributed by atoms with Gasteiger partial charge in [0.2, 0.25) is 5.91 Å². The van der Waals surface area contributed by atoms with Gasteiger partial charge in [0.1, 0.15) is 11.6 Å². The molecule has 8 heteroatoms. The molecule has 0 aliphatic heterocycles. The van der Waals surface area contributed by atoms with Crippen LogP contribution < -0.4 is 9.50 Å². The van der Waals surface area contributed by atoms with E-state index in [2.05, 4.69) is 5.32 Å². The number of carbonyl (C=O) groups excluding carboxylic acids is 1. The van der Waals surface area contributed by atoms with E-state index in [0.717, 1.165) is 18.2 Å². The molecule has 5 nitrogen and oxygen atoms in total. The average molecular weight is 327 g/mol. The second-order valence-corrected chi connectivity index (χ2v) is 5.75. The van der Waals surface area contributed by atoms with Crippen LogP contribution in [-0.4, -0.2) is 14.3 Å². The van der Waals surface area contributed by atoms with Gasteiger partial charge in [0, 0.05) is 6.92 Å². The molecule has 0 aromatic heterocycles. The summed E-state index contributed by atoms with van der Waals surface area (Å²) in [6, 6.07) is 8.28. The highest BCUT2D eigenvalue weighted by molar-refractivity contribution is 7.87. The van der Waals surface area contributed by atoms with Gasteiger partial charge in [-0.15, -0.1) is 0 Å². The predicted molar refractivity (Wildman–Crippen MR) is 74.9 cm³/mol. The molecule has 0 spiro atoms. The van der Waals surface area contributed by atoms with Crippen molar-refractivity contribution < 1.29 is 26.2 Å². The number of halogens is 2. The van der Waals surface area contributed by atoms with Crippen LogP contribution in [0.2, 0.25) is 0 Å². The summed E-state index contributed by atoms with van der Waals surface area (Å²) in [5, 5.41) is 2.36. The fourth-order valence-electron chi connectivity index (χ4n) is 1.71. The van der Waals surface area contributed by atoms with Crippen LogP contribution in [0.15, 0.2) is 47.4 Å². The van der Waals surface area contributed by atoms with E-state index in [9.17, 15) is 22.0 Å². The smallest absolute Gasteiger partial charge is 0.345 e. The molecule has 2 aromatic carbocycles. The monoisotopic (exact) mass is 327 g/mol. The Morgan fingerprint density at radius 2 is 1.64 bits per heavy atom. The Morgan fingerprint density at radius 3 is 2.23 bits per heavy atom. The quantitative estimate of drug-likeness (QED) is 0.876. The zero-order valence-electron chi connectivity index (χ0n) is 11.3. The molecule has 0 heterocycles. The van der Waals surface area contributed by atoms with E-state index in [0.29, 0.717) is 0 Å². The summed E-state index contributed by atoms with van der Waals surface area (Å²) >= 11 is 0. The summed E-state index contributed by atoms with van der Waals surface area (Å²) in [7, 11) is -4.73. The third-order valence-electron chi connectivity index (χ3n) is 2.57. The highest BCUT2D eigenvalue weighted by Crippen LogP contribution is 2.29. The summed E-state index contributed by atoms with van der Waals surface area (Å²) in [6.07, 6.45) is 0. The number of para-hydroxylation sites is 2. The molecule has 0 saturated carbocycles. The number of rotatable bonds is 4. The zero-order chi connectivity index (χ0) is 16.3. The Kier molecular flexibility index (Phi) is 4.41. The molecule has 22 heavy (non-hydrogen) atoms. The fourth-order valence-corrected chi connectivity index (χ4v) is 2.79. The Bertz CT molecular complexity index is 801. The molecule has 0 atom stereocenters. The number of amides is 1. The molecule has 1 N–H and O–H groups in total. The number of hydrogen-bond acceptors (Lipinski definition) is 4. The molecular formula is C14H11F2NO4S. The van der Waals surface area contributed by atoms with E-state index in [1.54, 1.807) is 0 Å². The van der Waals surface area contributed by atoms with Crippen molar-refractivity contribution in [1.29, 1.82) is 0 Å². The minimum absolute atomic E-state index is 0.0651. The predicted octanol–water partition coefficient (Wildman–Crippen LogP) is 2.69. The maximum absolute atomic E-state index is 13.6. The normalized spacial score (nSPS) is 11.0. The summed E-state index contributed by atoms with van der Waals surface area (Å²) in [4.78, 5) is 9.89. The SMILES string of the molecule is CC(=O)Nc1ccccc1OS(=O)(=O)c1c(F)cccc1F. The standard InChI is InChI=1S/C14H11F2NO4S/c1-9(18)17-12-7-2-3-8-13(12)21-22(19,20)14-10(15)5-4-6-11(14)16/h2-8H,1H3,(H,17,18). The van der Waals surface area contributed by atoms with Crippen molar-refractivity contribution in [3.8, 4) is 5.75 Å². The maximum Gasteiger partial charge on any atom is 0.345 e. The third kappa shape index (κ3) is 3.40. The van der Waals surface area contributed by atoms with Crippen molar-refractivity contribution in [2.45, 2.75) is 11.8 Å². The van der Waals surface area contributed by atoms with Crippen molar-refractivity contribution in [3.63, 3.8) is 0 Å². The Balaban J connectivity index is 2.44. The van der Waals surface area contributed by atoms with Crippen molar-refractivity contribution in [3.05, 3.63) is 54.1 Å². The van der Waals surface area contributed by atoms with Gasteiger partial charge in [-0.3, -0.25) is 4.79 Å². The van der Waals surface area contributed by atoms with Gasteiger partial charge >= 0.3 is 10.1 Å². The lowest BCUT2D eigenvalue weighted by molar-refractivity contribution is -0.114. The fraction of sp³-hybridized carbons (Fsp3) is 0.0714. The molecule has 0 aliphatic carbocycles. The van der Waals surface area contributed by atoms with Gasteiger partial charge in [-0.2, -0.15) is 8.42 Å². The van der Waals surface area contributed by atoms with E-state index in [4.69, 9.17) is 4.18 Å². The van der Waals surface area contributed by atoms with Crippen LogP contribution in [-0.2, 0) is 14.9 Å². The summed E-state index contributed by atoms with van der Waals surface area (Å²) < 4.78 is 56.1. The summed E-state index contributed by atoms with van der Waals surface area (Å²) in [5.74, 6) is -3.24. The van der Waals surface area contributed by atoms with Crippen molar-refractivity contribution in [2.24, 2.45) is 0 Å². The Morgan fingerprint density at radius 1 is 1.05 bits per heavy atom. The van der Waals surface area contributed by atoms with Crippen LogP contribution in [0, 0.1) is 11.6 Å². The Hall–Kier alpha value is -2.48. The number of anilines is 1. The average Bonchev–Trinajstić information content (AvgIpc) is 2.39. The van der Waals surface area contributed by atoms with Crippen molar-refractivity contribution in [2.75, 3.05) is 5.32 Å². The van der Waals surface area contributed by atoms with Gasteiger partial charge in [-0.1, -0.05) is 18.2 Å². The molecule has 0 aliphatic rings. The van der Waals surface area contributed by atoms with Gasteiger partial charge in [-0.25, -0.2) is 8.78 Å². The molecule has 2 aromatic rings. The number of benzene rings is 2. The number of hydrogen-bond donors (Lipinski definition) is 1. The van der Waals surface area contributed by atoms with Crippen LogP contribution in [0.3, 0.4) is 0 Å². The van der Waals surface area contributed by atoms with Gasteiger partial charge in [0.15, 0.2) is 10.6 Å². The molecule has 0 fully saturated rings. The van der Waals surface area contributed by atoms with E-state index < -0.39 is 32.6 Å². The summed E-state index contributed by atoms with van der Waals surface area (Å²) in [6.45, 7) is 1.22. The number of carbonyl (C=O) groups is 1. The topological polar surface area (TPSA) is 72.5 Å². The molecule has 116 valence electrons. The minimum Gasteiger partial charge on any atom is -0.377 e. The zero-order valence-corrected chi connectivity index (χ0v) is 12.2. The minimum atomic E-state index is -4.73. The van der Waals surface area contributed by atoms with E-state index in [1.165, 1.54) is 31.2 Å². The molecule has 0 bridgehead atoms. The van der Waals surface area contributed by atoms with E-state index in [-0.39, 0.29) is 11.4 Å². The highest BCUT2D eigenvalue weighted by atomic mass is 32.2. The van der Waals surface area contributed by atoms with Crippen LogP contribution in [0.5, 0.6) is 5.75 Å². The molecule has 1 amide bonds. The van der Waals surface area contributed by atoms with Gasteiger partial charge in [0.05, 0.1) is 5.69 Å². The highest BCUT2D eigenvalue weighted by Gasteiger charge is 2.27. The first-order chi connectivity index (χ1) is 10.3. The molecule has 0 saturated heterocycles. The van der Waals surface area contributed by atoms with E-state index in [1.807, 2.05) is 0 Å². The maximum atomic E-state index is 13.6. The van der Waals surface area contributed by atoms with Gasteiger partial charge in [-0.05, 0) is 24.3 Å². The molecule has 0 radical (unpaired) electrons. The van der Waals surface area contributed by atoms with Crippen molar-refractivity contribution >= 4 is 21.7 Å². The van der Waals surface area contributed by atoms with Crippen LogP contribution in [0.4, 0.5) is 14.5 Å². The lowest BCUT2D eigenvalue weighted by Gasteiger charge is -2.12. The van der Waals surface area contributed by atoms with Crippen molar-refractivity contribution in [1.82, 2.24) is 0 Å². The first-order valence-electron chi connectivity index (χ1n) is 6.06. The van der Waals surface area contributed by atoms with Crippen LogP contribution in [0.25, 0.3) is 0 Å². The lowest BCUT2D eigenvalue weighted by atomic mass is 10.3. The molecular weight excluding hydrogens is 316 g/mol. The first kappa shape index (κ1) is 15.9.